The van der Waals surface area contributed by atoms with Gasteiger partial charge in [-0.25, -0.2) is 0 Å². The number of nitrogens with one attached hydrogen (secondary N) is 1. The predicted octanol–water partition coefficient (Wildman–Crippen LogP) is 4.75. The summed E-state index contributed by atoms with van der Waals surface area (Å²) in [6.07, 6.45) is 1.27. The molecule has 0 saturated carbocycles. The minimum atomic E-state index is 0.440. The van der Waals surface area contributed by atoms with Gasteiger partial charge in [0.15, 0.2) is 0 Å². The topological polar surface area (TPSA) is 12.0 Å². The zero-order valence-electron chi connectivity index (χ0n) is 13.0. The van der Waals surface area contributed by atoms with Gasteiger partial charge in [-0.05, 0) is 30.2 Å². The van der Waals surface area contributed by atoms with Crippen molar-refractivity contribution in [3.05, 3.63) is 35.9 Å². The van der Waals surface area contributed by atoms with Gasteiger partial charge in [-0.3, -0.25) is 0 Å². The summed E-state index contributed by atoms with van der Waals surface area (Å²) in [7, 11) is 2.08. The van der Waals surface area contributed by atoms with Crippen LogP contribution >= 0.6 is 11.8 Å². The molecule has 0 bridgehead atoms. The van der Waals surface area contributed by atoms with Crippen molar-refractivity contribution >= 4 is 11.8 Å². The summed E-state index contributed by atoms with van der Waals surface area (Å²) in [5.74, 6) is 2.73. The normalized spacial score (nSPS) is 16.3. The first-order valence-electron chi connectivity index (χ1n) is 7.43. The molecular weight excluding hydrogens is 250 g/mol. The highest BCUT2D eigenvalue weighted by atomic mass is 32.2. The maximum Gasteiger partial charge on any atom is 0.0440 e. The number of thioether (sulfide) groups is 1. The van der Waals surface area contributed by atoms with Gasteiger partial charge in [-0.15, -0.1) is 0 Å². The van der Waals surface area contributed by atoms with E-state index in [-0.39, 0.29) is 0 Å². The van der Waals surface area contributed by atoms with Crippen molar-refractivity contribution in [2.75, 3.05) is 12.8 Å². The monoisotopic (exact) mass is 279 g/mol. The van der Waals surface area contributed by atoms with Crippen LogP contribution in [0.1, 0.15) is 45.7 Å². The highest BCUT2D eigenvalue weighted by Gasteiger charge is 2.25. The van der Waals surface area contributed by atoms with Crippen LogP contribution in [0.15, 0.2) is 30.3 Å². The molecule has 3 unspecified atom stereocenters. The fourth-order valence-electron chi connectivity index (χ4n) is 2.25. The number of hydrogen-bond acceptors (Lipinski definition) is 2. The van der Waals surface area contributed by atoms with E-state index < -0.39 is 0 Å². The van der Waals surface area contributed by atoms with E-state index in [0.717, 1.165) is 5.92 Å². The molecule has 0 saturated heterocycles. The smallest absolute Gasteiger partial charge is 0.0440 e. The molecule has 1 N–H and O–H groups in total. The molecule has 1 rings (SSSR count). The lowest BCUT2D eigenvalue weighted by molar-refractivity contribution is 0.471. The third-order valence-electron chi connectivity index (χ3n) is 3.73. The lowest BCUT2D eigenvalue weighted by atomic mass is 9.96. The van der Waals surface area contributed by atoms with Crippen LogP contribution in [-0.2, 0) is 0 Å². The Bertz CT molecular complexity index is 336. The van der Waals surface area contributed by atoms with Gasteiger partial charge in [-0.2, -0.15) is 11.8 Å². The minimum absolute atomic E-state index is 0.440. The predicted molar refractivity (Wildman–Crippen MR) is 88.8 cm³/mol. The SMILES string of the molecule is CCC(C)CSC(C(C)C)C(NC)c1ccccc1. The number of benzene rings is 1. The van der Waals surface area contributed by atoms with Gasteiger partial charge >= 0.3 is 0 Å². The molecule has 0 aliphatic rings. The van der Waals surface area contributed by atoms with Crippen LogP contribution < -0.4 is 5.32 Å². The molecular formula is C17H29NS. The van der Waals surface area contributed by atoms with Crippen molar-refractivity contribution in [2.45, 2.75) is 45.4 Å². The molecule has 3 atom stereocenters. The maximum atomic E-state index is 3.52. The van der Waals surface area contributed by atoms with Crippen molar-refractivity contribution in [1.82, 2.24) is 5.32 Å². The van der Waals surface area contributed by atoms with Gasteiger partial charge < -0.3 is 5.32 Å². The average Bonchev–Trinajstić information content (AvgIpc) is 2.43. The van der Waals surface area contributed by atoms with E-state index in [9.17, 15) is 0 Å². The zero-order chi connectivity index (χ0) is 14.3. The second kappa shape index (κ2) is 8.65. The van der Waals surface area contributed by atoms with Crippen LogP contribution in [0.25, 0.3) is 0 Å². The maximum absolute atomic E-state index is 3.52. The first kappa shape index (κ1) is 16.6. The van der Waals surface area contributed by atoms with Crippen molar-refractivity contribution in [3.8, 4) is 0 Å². The lowest BCUT2D eigenvalue weighted by Crippen LogP contribution is -2.31. The molecule has 1 aromatic rings. The molecule has 0 spiro atoms. The number of hydrogen-bond donors (Lipinski definition) is 1. The van der Waals surface area contributed by atoms with E-state index in [0.29, 0.717) is 17.2 Å². The Morgan fingerprint density at radius 1 is 1.11 bits per heavy atom. The van der Waals surface area contributed by atoms with Crippen LogP contribution in [0, 0.1) is 11.8 Å². The zero-order valence-corrected chi connectivity index (χ0v) is 13.8. The fraction of sp³-hybridized carbons (Fsp3) is 0.647. The first-order chi connectivity index (χ1) is 9.10. The van der Waals surface area contributed by atoms with Crippen molar-refractivity contribution in [1.29, 1.82) is 0 Å². The van der Waals surface area contributed by atoms with Crippen LogP contribution in [0.3, 0.4) is 0 Å². The molecule has 108 valence electrons. The second-order valence-corrected chi connectivity index (χ2v) is 6.94. The van der Waals surface area contributed by atoms with Crippen molar-refractivity contribution in [2.24, 2.45) is 11.8 Å². The Balaban J connectivity index is 2.78. The summed E-state index contributed by atoms with van der Waals surface area (Å²) in [5, 5.41) is 4.15. The van der Waals surface area contributed by atoms with Crippen molar-refractivity contribution in [3.63, 3.8) is 0 Å². The highest BCUT2D eigenvalue weighted by Crippen LogP contribution is 2.33. The Hall–Kier alpha value is -0.470. The quantitative estimate of drug-likeness (QED) is 0.737. The van der Waals surface area contributed by atoms with Gasteiger partial charge in [0.05, 0.1) is 0 Å². The van der Waals surface area contributed by atoms with Gasteiger partial charge in [0, 0.05) is 11.3 Å². The van der Waals surface area contributed by atoms with E-state index in [1.54, 1.807) is 0 Å². The summed E-state index contributed by atoms with van der Waals surface area (Å²) < 4.78 is 0. The molecule has 2 heteroatoms. The van der Waals surface area contributed by atoms with E-state index >= 15 is 0 Å². The molecule has 0 aliphatic carbocycles. The Kier molecular flexibility index (Phi) is 7.55. The summed E-state index contributed by atoms with van der Waals surface area (Å²) in [5.41, 5.74) is 1.40. The van der Waals surface area contributed by atoms with Crippen LogP contribution in [0.5, 0.6) is 0 Å². The Morgan fingerprint density at radius 2 is 1.74 bits per heavy atom. The average molecular weight is 279 g/mol. The van der Waals surface area contributed by atoms with Gasteiger partial charge in [0.25, 0.3) is 0 Å². The summed E-state index contributed by atoms with van der Waals surface area (Å²) in [4.78, 5) is 0. The third-order valence-corrected chi connectivity index (χ3v) is 5.69. The molecule has 0 radical (unpaired) electrons. The molecule has 0 amide bonds. The Morgan fingerprint density at radius 3 is 2.21 bits per heavy atom. The van der Waals surface area contributed by atoms with E-state index in [4.69, 9.17) is 0 Å². The first-order valence-corrected chi connectivity index (χ1v) is 8.48. The van der Waals surface area contributed by atoms with Gasteiger partial charge in [0.1, 0.15) is 0 Å². The second-order valence-electron chi connectivity index (χ2n) is 5.73. The molecule has 0 heterocycles. The lowest BCUT2D eigenvalue weighted by Gasteiger charge is -2.31. The van der Waals surface area contributed by atoms with Crippen molar-refractivity contribution < 1.29 is 0 Å². The van der Waals surface area contributed by atoms with Gasteiger partial charge in [-0.1, -0.05) is 64.4 Å². The Labute approximate surface area is 123 Å². The van der Waals surface area contributed by atoms with Crippen LogP contribution in [-0.4, -0.2) is 18.1 Å². The summed E-state index contributed by atoms with van der Waals surface area (Å²) in [6, 6.07) is 11.3. The highest BCUT2D eigenvalue weighted by molar-refractivity contribution is 7.99. The van der Waals surface area contributed by atoms with E-state index in [2.05, 4.69) is 82.2 Å². The fourth-order valence-corrected chi connectivity index (χ4v) is 3.90. The third kappa shape index (κ3) is 5.19. The van der Waals surface area contributed by atoms with Gasteiger partial charge in [0.2, 0.25) is 0 Å². The molecule has 0 aromatic heterocycles. The summed E-state index contributed by atoms with van der Waals surface area (Å²) >= 11 is 2.13. The molecule has 0 aliphatic heterocycles. The molecule has 1 nitrogen and oxygen atoms in total. The van der Waals surface area contributed by atoms with E-state index in [1.807, 2.05) is 0 Å². The summed E-state index contributed by atoms with van der Waals surface area (Å²) in [6.45, 7) is 9.30. The van der Waals surface area contributed by atoms with E-state index in [1.165, 1.54) is 17.7 Å². The van der Waals surface area contributed by atoms with Crippen LogP contribution in [0.2, 0.25) is 0 Å². The molecule has 1 aromatic carbocycles. The molecule has 19 heavy (non-hydrogen) atoms. The minimum Gasteiger partial charge on any atom is -0.312 e. The molecule has 0 fully saturated rings. The van der Waals surface area contributed by atoms with Crippen LogP contribution in [0.4, 0.5) is 0 Å². The number of rotatable bonds is 8. The largest absolute Gasteiger partial charge is 0.312 e. The standard InChI is InChI=1S/C17H29NS/c1-6-14(4)12-19-17(13(2)3)16(18-5)15-10-8-7-9-11-15/h7-11,13-14,16-18H,6,12H2,1-5H3.